The Morgan fingerprint density at radius 3 is 1.50 bits per heavy atom. The van der Waals surface area contributed by atoms with Crippen molar-refractivity contribution in [1.29, 1.82) is 0 Å². The molecule has 0 aliphatic rings. The lowest BCUT2D eigenvalue weighted by Gasteiger charge is -2.20. The minimum atomic E-state index is -0.544. The molecule has 0 radical (unpaired) electrons. The third-order valence-electron chi connectivity index (χ3n) is 5.81. The van der Waals surface area contributed by atoms with E-state index in [0.29, 0.717) is 6.61 Å². The van der Waals surface area contributed by atoms with Crippen molar-refractivity contribution in [2.24, 2.45) is 0 Å². The van der Waals surface area contributed by atoms with E-state index in [2.05, 4.69) is 42.5 Å². The second-order valence-corrected chi connectivity index (χ2v) is 7.92. The molecule has 6 heteroatoms. The molecule has 4 nitrogen and oxygen atoms in total. The normalized spacial score (nSPS) is 10.8. The molecular weight excluding hydrogens is 422 g/mol. The van der Waals surface area contributed by atoms with Crippen LogP contribution in [-0.4, -0.2) is 35.6 Å². The van der Waals surface area contributed by atoms with Gasteiger partial charge >= 0.3 is 14.2 Å². The molecule has 4 aromatic carbocycles. The third-order valence-corrected chi connectivity index (χ3v) is 5.81. The maximum Gasteiger partial charge on any atom is 0.495 e. The van der Waals surface area contributed by atoms with E-state index in [1.807, 2.05) is 60.7 Å². The Balaban J connectivity index is 1.67. The Morgan fingerprint density at radius 1 is 0.529 bits per heavy atom. The standard InChI is InChI=1S/C28H28B2O4/c1-31-29(32-2)25-19-17-22(18-20-25)21-34-30(33-3)28-26(23-11-6-4-7-12-23)15-10-16-27(28)24-13-8-5-9-14-24/h4-20H,21H2,1-3H3. The van der Waals surface area contributed by atoms with Crippen molar-refractivity contribution in [3.05, 3.63) is 109 Å². The SMILES string of the molecule is COB(OC)c1ccc(COB(OC)c2c(-c3ccccc3)cccc2-c2ccccc2)cc1. The molecule has 0 heterocycles. The molecule has 0 aliphatic heterocycles. The van der Waals surface area contributed by atoms with Gasteiger partial charge in [0, 0.05) is 21.3 Å². The first kappa shape index (κ1) is 24.0. The van der Waals surface area contributed by atoms with E-state index < -0.39 is 7.12 Å². The minimum Gasteiger partial charge on any atom is -0.410 e. The summed E-state index contributed by atoms with van der Waals surface area (Å²) in [5.41, 5.74) is 7.43. The van der Waals surface area contributed by atoms with E-state index in [0.717, 1.165) is 38.7 Å². The molecule has 0 spiro atoms. The van der Waals surface area contributed by atoms with Gasteiger partial charge in [0.1, 0.15) is 0 Å². The average molecular weight is 450 g/mol. The van der Waals surface area contributed by atoms with Crippen LogP contribution in [0.2, 0.25) is 0 Å². The highest BCUT2D eigenvalue weighted by molar-refractivity contribution is 6.65. The summed E-state index contributed by atoms with van der Waals surface area (Å²) in [6, 6.07) is 35.0. The maximum atomic E-state index is 6.36. The molecule has 0 N–H and O–H groups in total. The number of benzene rings is 4. The zero-order chi connectivity index (χ0) is 23.8. The van der Waals surface area contributed by atoms with Crippen LogP contribution in [0.25, 0.3) is 22.3 Å². The van der Waals surface area contributed by atoms with E-state index in [1.165, 1.54) is 0 Å². The van der Waals surface area contributed by atoms with E-state index in [1.54, 1.807) is 21.3 Å². The molecule has 0 saturated carbocycles. The molecule has 0 unspecified atom stereocenters. The topological polar surface area (TPSA) is 36.9 Å². The van der Waals surface area contributed by atoms with Gasteiger partial charge in [-0.25, -0.2) is 0 Å². The highest BCUT2D eigenvalue weighted by atomic mass is 16.6. The van der Waals surface area contributed by atoms with Gasteiger partial charge < -0.3 is 18.6 Å². The molecule has 170 valence electrons. The number of hydrogen-bond acceptors (Lipinski definition) is 4. The van der Waals surface area contributed by atoms with Gasteiger partial charge in [0.2, 0.25) is 0 Å². The summed E-state index contributed by atoms with van der Waals surface area (Å²) in [5.74, 6) is 0. The lowest BCUT2D eigenvalue weighted by Crippen LogP contribution is -2.38. The first-order chi connectivity index (χ1) is 16.7. The van der Waals surface area contributed by atoms with Gasteiger partial charge in [0.25, 0.3) is 0 Å². The van der Waals surface area contributed by atoms with Crippen molar-refractivity contribution in [3.8, 4) is 22.3 Å². The predicted octanol–water partition coefficient (Wildman–Crippen LogP) is 4.57. The van der Waals surface area contributed by atoms with E-state index in [9.17, 15) is 0 Å². The zero-order valence-electron chi connectivity index (χ0n) is 19.8. The summed E-state index contributed by atoms with van der Waals surface area (Å²) in [4.78, 5) is 0. The van der Waals surface area contributed by atoms with Gasteiger partial charge in [-0.1, -0.05) is 103 Å². The first-order valence-corrected chi connectivity index (χ1v) is 11.3. The van der Waals surface area contributed by atoms with Crippen LogP contribution < -0.4 is 10.9 Å². The fourth-order valence-corrected chi connectivity index (χ4v) is 4.14. The molecule has 0 aliphatic carbocycles. The van der Waals surface area contributed by atoms with E-state index in [4.69, 9.17) is 18.6 Å². The largest absolute Gasteiger partial charge is 0.495 e. The fourth-order valence-electron chi connectivity index (χ4n) is 4.14. The van der Waals surface area contributed by atoms with Crippen molar-refractivity contribution in [2.75, 3.05) is 21.3 Å². The second-order valence-electron chi connectivity index (χ2n) is 7.92. The molecule has 0 atom stereocenters. The van der Waals surface area contributed by atoms with Gasteiger partial charge in [0.05, 0.1) is 6.61 Å². The van der Waals surface area contributed by atoms with Crippen molar-refractivity contribution >= 4 is 25.2 Å². The fraction of sp³-hybridized carbons (Fsp3) is 0.143. The van der Waals surface area contributed by atoms with Crippen molar-refractivity contribution in [1.82, 2.24) is 0 Å². The van der Waals surface area contributed by atoms with Crippen molar-refractivity contribution in [3.63, 3.8) is 0 Å². The summed E-state index contributed by atoms with van der Waals surface area (Å²) < 4.78 is 22.9. The predicted molar refractivity (Wildman–Crippen MR) is 140 cm³/mol. The molecule has 4 aromatic rings. The van der Waals surface area contributed by atoms with Gasteiger partial charge in [-0.2, -0.15) is 0 Å². The Hall–Kier alpha value is -3.15. The Kier molecular flexibility index (Phi) is 8.34. The smallest absolute Gasteiger partial charge is 0.410 e. The molecule has 34 heavy (non-hydrogen) atoms. The van der Waals surface area contributed by atoms with Crippen LogP contribution in [0, 0.1) is 0 Å². The Morgan fingerprint density at radius 2 is 1.03 bits per heavy atom. The molecule has 0 bridgehead atoms. The maximum absolute atomic E-state index is 6.36. The summed E-state index contributed by atoms with van der Waals surface area (Å²) in [6.45, 7) is 0.404. The monoisotopic (exact) mass is 450 g/mol. The molecule has 0 aromatic heterocycles. The van der Waals surface area contributed by atoms with Crippen molar-refractivity contribution < 1.29 is 18.6 Å². The molecule has 0 amide bonds. The van der Waals surface area contributed by atoms with Crippen LogP contribution in [0.15, 0.2) is 103 Å². The zero-order valence-corrected chi connectivity index (χ0v) is 19.8. The van der Waals surface area contributed by atoms with Crippen molar-refractivity contribution in [2.45, 2.75) is 6.61 Å². The molecule has 4 rings (SSSR count). The minimum absolute atomic E-state index is 0.382. The van der Waals surface area contributed by atoms with Crippen LogP contribution >= 0.6 is 0 Å². The van der Waals surface area contributed by atoms with Crippen LogP contribution in [0.1, 0.15) is 5.56 Å². The Bertz CT molecular complexity index is 1110. The number of hydrogen-bond donors (Lipinski definition) is 0. The molecular formula is C28H28B2O4. The lowest BCUT2D eigenvalue weighted by molar-refractivity contribution is 0.231. The first-order valence-electron chi connectivity index (χ1n) is 11.3. The van der Waals surface area contributed by atoms with Crippen LogP contribution in [0.5, 0.6) is 0 Å². The average Bonchev–Trinajstić information content (AvgIpc) is 2.91. The summed E-state index contributed by atoms with van der Waals surface area (Å²) in [6.07, 6.45) is 0. The van der Waals surface area contributed by atoms with E-state index in [-0.39, 0.29) is 7.12 Å². The highest BCUT2D eigenvalue weighted by Gasteiger charge is 2.28. The summed E-state index contributed by atoms with van der Waals surface area (Å²) in [5, 5.41) is 0. The second kappa shape index (κ2) is 11.8. The van der Waals surface area contributed by atoms with Gasteiger partial charge in [-0.15, -0.1) is 0 Å². The van der Waals surface area contributed by atoms with Crippen LogP contribution in [-0.2, 0) is 25.2 Å². The highest BCUT2D eigenvalue weighted by Crippen LogP contribution is 2.26. The Labute approximate surface area is 202 Å². The van der Waals surface area contributed by atoms with E-state index >= 15 is 0 Å². The molecule has 0 saturated heterocycles. The lowest BCUT2D eigenvalue weighted by atomic mass is 9.70. The van der Waals surface area contributed by atoms with Gasteiger partial charge in [-0.3, -0.25) is 0 Å². The third kappa shape index (κ3) is 5.49. The molecule has 0 fully saturated rings. The van der Waals surface area contributed by atoms with Crippen LogP contribution in [0.3, 0.4) is 0 Å². The summed E-state index contributed by atoms with van der Waals surface area (Å²) in [7, 11) is 4.02. The summed E-state index contributed by atoms with van der Waals surface area (Å²) >= 11 is 0. The number of rotatable bonds is 10. The van der Waals surface area contributed by atoms with Crippen LogP contribution in [0.4, 0.5) is 0 Å². The quantitative estimate of drug-likeness (QED) is 0.332. The van der Waals surface area contributed by atoms with Gasteiger partial charge in [0.15, 0.2) is 0 Å². The van der Waals surface area contributed by atoms with Gasteiger partial charge in [-0.05, 0) is 38.7 Å².